The molecule has 0 saturated carbocycles. The predicted molar refractivity (Wildman–Crippen MR) is 139 cm³/mol. The number of nitrogens with one attached hydrogen (secondary N) is 1. The number of para-hydroxylation sites is 1. The summed E-state index contributed by atoms with van der Waals surface area (Å²) in [5, 5.41) is 13.9. The number of anilines is 1. The molecule has 0 radical (unpaired) electrons. The van der Waals surface area contributed by atoms with Crippen LogP contribution in [0.3, 0.4) is 0 Å². The van der Waals surface area contributed by atoms with Crippen LogP contribution in [0.4, 0.5) is 5.69 Å². The molecule has 2 N–H and O–H groups in total. The number of fused-ring (bicyclic) bond motifs is 1. The van der Waals surface area contributed by atoms with Gasteiger partial charge in [0.05, 0.1) is 17.7 Å². The molecule has 0 aliphatic carbocycles. The second-order valence-corrected chi connectivity index (χ2v) is 7.91. The Morgan fingerprint density at radius 1 is 0.944 bits per heavy atom. The topological polar surface area (TPSA) is 97.8 Å². The van der Waals surface area contributed by atoms with E-state index in [-0.39, 0.29) is 29.7 Å². The molecule has 36 heavy (non-hydrogen) atoms. The number of nitrogens with zero attached hydrogens (tertiary/aromatic N) is 1. The number of rotatable bonds is 10. The third-order valence-corrected chi connectivity index (χ3v) is 5.34. The number of carbonyl (C=O) groups excluding carboxylic acids is 1. The van der Waals surface area contributed by atoms with Crippen molar-refractivity contribution in [1.82, 2.24) is 4.98 Å². The van der Waals surface area contributed by atoms with Gasteiger partial charge < -0.3 is 19.9 Å². The molecule has 0 fully saturated rings. The molecule has 0 aliphatic rings. The van der Waals surface area contributed by atoms with E-state index in [1.165, 1.54) is 6.07 Å². The third-order valence-electron chi connectivity index (χ3n) is 5.34. The van der Waals surface area contributed by atoms with Crippen molar-refractivity contribution in [3.05, 3.63) is 115 Å². The molecule has 0 saturated heterocycles. The van der Waals surface area contributed by atoms with Gasteiger partial charge in [0.2, 0.25) is 11.8 Å². The lowest BCUT2D eigenvalue weighted by Crippen LogP contribution is -2.16. The second-order valence-electron chi connectivity index (χ2n) is 7.91. The van der Waals surface area contributed by atoms with E-state index >= 15 is 0 Å². The minimum absolute atomic E-state index is 0.0320. The van der Waals surface area contributed by atoms with Gasteiger partial charge in [-0.25, -0.2) is 9.78 Å². The number of carboxylic acids is 1. The largest absolute Gasteiger partial charge is 0.482 e. The summed E-state index contributed by atoms with van der Waals surface area (Å²) in [5.41, 5.74) is 0.944. The first-order valence-electron chi connectivity index (χ1n) is 11.2. The van der Waals surface area contributed by atoms with E-state index < -0.39 is 5.97 Å². The Hall–Kier alpha value is -4.91. The summed E-state index contributed by atoms with van der Waals surface area (Å²) in [6, 6.07) is 21.1. The number of carbonyl (C=O) groups is 2. The van der Waals surface area contributed by atoms with Gasteiger partial charge in [0, 0.05) is 12.3 Å². The summed E-state index contributed by atoms with van der Waals surface area (Å²) in [5.74, 6) is 0.271. The quantitative estimate of drug-likeness (QED) is 0.269. The van der Waals surface area contributed by atoms with Crippen LogP contribution in [0, 0.1) is 0 Å². The first-order valence-corrected chi connectivity index (χ1v) is 11.2. The molecule has 7 nitrogen and oxygen atoms in total. The standard InChI is InChI=1S/C29H24N2O5/c1-3-22(4-2)35-23-12-10-21-17-24(13-11-20(21)16-23)36-28-14-9-19(18-30-28)15-27(32)31-26-8-6-5-7-25(26)29(33)34/h3-14,16-18,22H,1-2,15H2,(H,31,32)(H,33,34). The van der Waals surface area contributed by atoms with Crippen molar-refractivity contribution in [3.8, 4) is 17.4 Å². The molecule has 1 amide bonds. The fourth-order valence-electron chi connectivity index (χ4n) is 3.54. The highest BCUT2D eigenvalue weighted by atomic mass is 16.5. The summed E-state index contributed by atoms with van der Waals surface area (Å²) in [7, 11) is 0. The van der Waals surface area contributed by atoms with Crippen LogP contribution in [0.15, 0.2) is 104 Å². The smallest absolute Gasteiger partial charge is 0.337 e. The van der Waals surface area contributed by atoms with Crippen LogP contribution in [0.2, 0.25) is 0 Å². The van der Waals surface area contributed by atoms with Gasteiger partial charge in [0.15, 0.2) is 0 Å². The maximum atomic E-state index is 12.4. The fourth-order valence-corrected chi connectivity index (χ4v) is 3.54. The highest BCUT2D eigenvalue weighted by Crippen LogP contribution is 2.28. The Balaban J connectivity index is 1.39. The molecule has 0 aliphatic heterocycles. The van der Waals surface area contributed by atoms with Crippen molar-refractivity contribution in [2.24, 2.45) is 0 Å². The van der Waals surface area contributed by atoms with Gasteiger partial charge in [-0.1, -0.05) is 43.5 Å². The number of ether oxygens (including phenoxy) is 2. The second kappa shape index (κ2) is 11.0. The maximum absolute atomic E-state index is 12.4. The molecule has 3 aromatic carbocycles. The van der Waals surface area contributed by atoms with Gasteiger partial charge in [-0.3, -0.25) is 4.79 Å². The molecule has 4 aromatic rings. The Kier molecular flexibility index (Phi) is 7.41. The molecule has 0 atom stereocenters. The molecule has 1 heterocycles. The Morgan fingerprint density at radius 3 is 2.31 bits per heavy atom. The number of benzene rings is 3. The van der Waals surface area contributed by atoms with E-state index in [9.17, 15) is 14.7 Å². The highest BCUT2D eigenvalue weighted by Gasteiger charge is 2.12. The first kappa shape index (κ1) is 24.2. The van der Waals surface area contributed by atoms with Crippen LogP contribution >= 0.6 is 0 Å². The third kappa shape index (κ3) is 5.95. The number of aromatic nitrogens is 1. The van der Waals surface area contributed by atoms with Crippen molar-refractivity contribution < 1.29 is 24.2 Å². The zero-order valence-electron chi connectivity index (χ0n) is 19.4. The summed E-state index contributed by atoms with van der Waals surface area (Å²) >= 11 is 0. The van der Waals surface area contributed by atoms with Crippen molar-refractivity contribution >= 4 is 28.3 Å². The number of pyridine rings is 1. The molecule has 0 bridgehead atoms. The average molecular weight is 481 g/mol. The van der Waals surface area contributed by atoms with E-state index in [0.717, 1.165) is 10.8 Å². The lowest BCUT2D eigenvalue weighted by Gasteiger charge is -2.12. The number of amides is 1. The van der Waals surface area contributed by atoms with Crippen LogP contribution in [-0.2, 0) is 11.2 Å². The van der Waals surface area contributed by atoms with E-state index in [0.29, 0.717) is 22.9 Å². The lowest BCUT2D eigenvalue weighted by atomic mass is 10.1. The van der Waals surface area contributed by atoms with Gasteiger partial charge in [-0.2, -0.15) is 0 Å². The van der Waals surface area contributed by atoms with Gasteiger partial charge in [-0.15, -0.1) is 0 Å². The number of aromatic carboxylic acids is 1. The zero-order valence-corrected chi connectivity index (χ0v) is 19.4. The number of hydrogen-bond acceptors (Lipinski definition) is 5. The highest BCUT2D eigenvalue weighted by molar-refractivity contribution is 6.01. The molecular formula is C29H24N2O5. The molecule has 0 unspecified atom stereocenters. The SMILES string of the molecule is C=CC(C=C)Oc1ccc2cc(Oc3ccc(CC(=O)Nc4ccccc4C(=O)O)cn3)ccc2c1. The van der Waals surface area contributed by atoms with Crippen molar-refractivity contribution in [1.29, 1.82) is 0 Å². The molecule has 0 spiro atoms. The molecule has 4 rings (SSSR count). The average Bonchev–Trinajstić information content (AvgIpc) is 2.88. The Bertz CT molecular complexity index is 1420. The molecule has 1 aromatic heterocycles. The van der Waals surface area contributed by atoms with Crippen LogP contribution in [0.1, 0.15) is 15.9 Å². The summed E-state index contributed by atoms with van der Waals surface area (Å²) in [6.07, 6.45) is 4.69. The summed E-state index contributed by atoms with van der Waals surface area (Å²) in [4.78, 5) is 28.0. The van der Waals surface area contributed by atoms with Crippen molar-refractivity contribution in [2.75, 3.05) is 5.32 Å². The molecule has 7 heteroatoms. The lowest BCUT2D eigenvalue weighted by molar-refractivity contribution is -0.115. The van der Waals surface area contributed by atoms with E-state index in [4.69, 9.17) is 9.47 Å². The van der Waals surface area contributed by atoms with E-state index in [1.54, 1.807) is 48.7 Å². The first-order chi connectivity index (χ1) is 17.4. The predicted octanol–water partition coefficient (Wildman–Crippen LogP) is 6.03. The van der Waals surface area contributed by atoms with Gasteiger partial charge in [0.25, 0.3) is 0 Å². The zero-order chi connectivity index (χ0) is 25.5. The number of carboxylic acid groups (broad SMARTS) is 1. The van der Waals surface area contributed by atoms with E-state index in [2.05, 4.69) is 23.5 Å². The van der Waals surface area contributed by atoms with E-state index in [1.807, 2.05) is 36.4 Å². The maximum Gasteiger partial charge on any atom is 0.337 e. The monoisotopic (exact) mass is 480 g/mol. The molecular weight excluding hydrogens is 456 g/mol. The van der Waals surface area contributed by atoms with Crippen LogP contribution in [-0.4, -0.2) is 28.1 Å². The Labute approximate surface area is 208 Å². The minimum atomic E-state index is -1.11. The summed E-state index contributed by atoms with van der Waals surface area (Å²) in [6.45, 7) is 7.46. The van der Waals surface area contributed by atoms with Crippen LogP contribution in [0.25, 0.3) is 10.8 Å². The molecule has 180 valence electrons. The van der Waals surface area contributed by atoms with Crippen molar-refractivity contribution in [3.63, 3.8) is 0 Å². The normalized spacial score (nSPS) is 10.6. The van der Waals surface area contributed by atoms with Gasteiger partial charge >= 0.3 is 5.97 Å². The summed E-state index contributed by atoms with van der Waals surface area (Å²) < 4.78 is 11.7. The van der Waals surface area contributed by atoms with Crippen LogP contribution in [0.5, 0.6) is 17.4 Å². The Morgan fingerprint density at radius 2 is 1.64 bits per heavy atom. The van der Waals surface area contributed by atoms with Gasteiger partial charge in [0.1, 0.15) is 17.6 Å². The fraction of sp³-hybridized carbons (Fsp3) is 0.0690. The number of hydrogen-bond donors (Lipinski definition) is 2. The van der Waals surface area contributed by atoms with Gasteiger partial charge in [-0.05, 0) is 64.9 Å². The van der Waals surface area contributed by atoms with Crippen LogP contribution < -0.4 is 14.8 Å². The minimum Gasteiger partial charge on any atom is -0.482 e. The van der Waals surface area contributed by atoms with Crippen molar-refractivity contribution in [2.45, 2.75) is 12.5 Å².